The van der Waals surface area contributed by atoms with Gasteiger partial charge in [-0.2, -0.15) is 0 Å². The van der Waals surface area contributed by atoms with Gasteiger partial charge in [0.05, 0.1) is 0 Å². The average molecular weight is 294 g/mol. The summed E-state index contributed by atoms with van der Waals surface area (Å²) in [6.07, 6.45) is 1.12. The molecule has 0 spiro atoms. The van der Waals surface area contributed by atoms with E-state index in [0.29, 0.717) is 0 Å². The molecule has 0 aliphatic carbocycles. The van der Waals surface area contributed by atoms with Gasteiger partial charge in [-0.05, 0) is 16.4 Å². The predicted molar refractivity (Wildman–Crippen MR) is 93.4 cm³/mol. The van der Waals surface area contributed by atoms with Gasteiger partial charge in [-0.1, -0.05) is 95.6 Å². The Morgan fingerprint density at radius 1 is 0.818 bits per heavy atom. The van der Waals surface area contributed by atoms with Crippen LogP contribution in [-0.4, -0.2) is 5.78 Å². The summed E-state index contributed by atoms with van der Waals surface area (Å²) in [5.74, 6) is 0.0831. The zero-order valence-electron chi connectivity index (χ0n) is 14.3. The molecular weight excluding hydrogens is 268 g/mol. The molecule has 1 heteroatoms. The van der Waals surface area contributed by atoms with Crippen LogP contribution >= 0.6 is 0 Å². The van der Waals surface area contributed by atoms with Gasteiger partial charge in [0.25, 0.3) is 0 Å². The van der Waals surface area contributed by atoms with Crippen LogP contribution in [0.15, 0.2) is 54.6 Å². The topological polar surface area (TPSA) is 17.1 Å². The summed E-state index contributed by atoms with van der Waals surface area (Å²) in [6.45, 7) is 11.4. The fourth-order valence-electron chi connectivity index (χ4n) is 2.63. The first-order valence-electron chi connectivity index (χ1n) is 8.00. The number of rotatable bonds is 5. The standard InChI is InChI=1S/C21H26O/c1-6-20(2,3)21(4,5)18-14-12-17(13-15-18)19(22)16-10-8-7-9-11-16/h7-15H,6H2,1-5H3. The Kier molecular flexibility index (Phi) is 4.55. The van der Waals surface area contributed by atoms with E-state index in [0.717, 1.165) is 17.5 Å². The molecule has 0 heterocycles. The Labute approximate surface area is 134 Å². The molecule has 0 aliphatic rings. The molecule has 0 atom stereocenters. The largest absolute Gasteiger partial charge is 0.289 e. The summed E-state index contributed by atoms with van der Waals surface area (Å²) in [5, 5.41) is 0. The fraction of sp³-hybridized carbons (Fsp3) is 0.381. The third-order valence-electron chi connectivity index (χ3n) is 5.48. The van der Waals surface area contributed by atoms with Gasteiger partial charge in [0.2, 0.25) is 0 Å². The van der Waals surface area contributed by atoms with Gasteiger partial charge < -0.3 is 0 Å². The van der Waals surface area contributed by atoms with Gasteiger partial charge in [-0.3, -0.25) is 4.79 Å². The molecule has 116 valence electrons. The van der Waals surface area contributed by atoms with Crippen molar-refractivity contribution in [2.45, 2.75) is 46.5 Å². The molecule has 0 aromatic heterocycles. The van der Waals surface area contributed by atoms with Gasteiger partial charge in [-0.15, -0.1) is 0 Å². The third kappa shape index (κ3) is 2.99. The Morgan fingerprint density at radius 2 is 1.32 bits per heavy atom. The van der Waals surface area contributed by atoms with Crippen molar-refractivity contribution in [2.75, 3.05) is 0 Å². The second kappa shape index (κ2) is 6.08. The molecule has 2 aromatic rings. The lowest BCUT2D eigenvalue weighted by Gasteiger charge is -2.42. The van der Waals surface area contributed by atoms with Crippen LogP contribution in [0.5, 0.6) is 0 Å². The lowest BCUT2D eigenvalue weighted by molar-refractivity contribution is 0.103. The second-order valence-corrected chi connectivity index (χ2v) is 7.13. The van der Waals surface area contributed by atoms with Crippen LogP contribution < -0.4 is 0 Å². The molecule has 0 N–H and O–H groups in total. The normalized spacial score (nSPS) is 12.2. The molecule has 22 heavy (non-hydrogen) atoms. The Bertz CT molecular complexity index is 633. The Morgan fingerprint density at radius 3 is 1.82 bits per heavy atom. The van der Waals surface area contributed by atoms with Crippen molar-refractivity contribution in [3.63, 3.8) is 0 Å². The molecule has 0 aliphatic heterocycles. The highest BCUT2D eigenvalue weighted by Crippen LogP contribution is 2.43. The lowest BCUT2D eigenvalue weighted by atomic mass is 9.63. The zero-order valence-corrected chi connectivity index (χ0v) is 14.3. The summed E-state index contributed by atoms with van der Waals surface area (Å²) in [7, 11) is 0. The number of ketones is 1. The highest BCUT2D eigenvalue weighted by atomic mass is 16.1. The summed E-state index contributed by atoms with van der Waals surface area (Å²) in [4.78, 5) is 12.5. The first kappa shape index (κ1) is 16.5. The summed E-state index contributed by atoms with van der Waals surface area (Å²) in [6, 6.07) is 17.6. The van der Waals surface area contributed by atoms with Crippen molar-refractivity contribution in [2.24, 2.45) is 5.41 Å². The van der Waals surface area contributed by atoms with E-state index in [1.54, 1.807) is 0 Å². The fourth-order valence-corrected chi connectivity index (χ4v) is 2.63. The first-order valence-corrected chi connectivity index (χ1v) is 8.00. The molecule has 0 saturated carbocycles. The Balaban J connectivity index is 2.30. The van der Waals surface area contributed by atoms with Crippen LogP contribution in [0.1, 0.15) is 62.5 Å². The molecule has 0 bridgehead atoms. The van der Waals surface area contributed by atoms with E-state index in [2.05, 4.69) is 46.8 Å². The monoisotopic (exact) mass is 294 g/mol. The maximum atomic E-state index is 12.5. The van der Waals surface area contributed by atoms with E-state index in [-0.39, 0.29) is 16.6 Å². The summed E-state index contributed by atoms with van der Waals surface area (Å²) < 4.78 is 0. The van der Waals surface area contributed by atoms with Gasteiger partial charge in [0.1, 0.15) is 0 Å². The van der Waals surface area contributed by atoms with Crippen molar-refractivity contribution in [1.82, 2.24) is 0 Å². The molecule has 0 unspecified atom stereocenters. The van der Waals surface area contributed by atoms with Crippen molar-refractivity contribution in [3.8, 4) is 0 Å². The molecule has 2 rings (SSSR count). The highest BCUT2D eigenvalue weighted by Gasteiger charge is 2.36. The van der Waals surface area contributed by atoms with E-state index < -0.39 is 0 Å². The van der Waals surface area contributed by atoms with Gasteiger partial charge >= 0.3 is 0 Å². The van der Waals surface area contributed by atoms with Crippen LogP contribution in [-0.2, 0) is 5.41 Å². The maximum Gasteiger partial charge on any atom is 0.193 e. The highest BCUT2D eigenvalue weighted by molar-refractivity contribution is 6.08. The SMILES string of the molecule is CCC(C)(C)C(C)(C)c1ccc(C(=O)c2ccccc2)cc1. The number of carbonyl (C=O) groups excluding carboxylic acids is 1. The maximum absolute atomic E-state index is 12.5. The van der Waals surface area contributed by atoms with E-state index in [1.807, 2.05) is 42.5 Å². The molecule has 1 nitrogen and oxygen atoms in total. The minimum absolute atomic E-state index is 0.0656. The molecule has 0 saturated heterocycles. The zero-order chi connectivity index (χ0) is 16.4. The van der Waals surface area contributed by atoms with E-state index in [9.17, 15) is 4.79 Å². The van der Waals surface area contributed by atoms with Crippen LogP contribution in [0.25, 0.3) is 0 Å². The Hall–Kier alpha value is -1.89. The van der Waals surface area contributed by atoms with Crippen molar-refractivity contribution in [3.05, 3.63) is 71.3 Å². The van der Waals surface area contributed by atoms with E-state index in [4.69, 9.17) is 0 Å². The van der Waals surface area contributed by atoms with E-state index in [1.165, 1.54) is 5.56 Å². The summed E-state index contributed by atoms with van der Waals surface area (Å²) in [5.41, 5.74) is 3.04. The molecule has 0 amide bonds. The molecule has 0 fully saturated rings. The van der Waals surface area contributed by atoms with Gasteiger partial charge in [-0.25, -0.2) is 0 Å². The van der Waals surface area contributed by atoms with Crippen molar-refractivity contribution < 1.29 is 4.79 Å². The van der Waals surface area contributed by atoms with Crippen LogP contribution in [0.3, 0.4) is 0 Å². The number of hydrogen-bond donors (Lipinski definition) is 0. The molecular formula is C21H26O. The van der Waals surface area contributed by atoms with Crippen molar-refractivity contribution in [1.29, 1.82) is 0 Å². The minimum Gasteiger partial charge on any atom is -0.289 e. The molecule has 0 radical (unpaired) electrons. The van der Waals surface area contributed by atoms with Crippen molar-refractivity contribution >= 4 is 5.78 Å². The third-order valence-corrected chi connectivity index (χ3v) is 5.48. The second-order valence-electron chi connectivity index (χ2n) is 7.13. The first-order chi connectivity index (χ1) is 10.3. The quantitative estimate of drug-likeness (QED) is 0.653. The van der Waals surface area contributed by atoms with Gasteiger partial charge in [0, 0.05) is 11.1 Å². The predicted octanol–water partition coefficient (Wildman–Crippen LogP) is 5.63. The average Bonchev–Trinajstić information content (AvgIpc) is 2.55. The number of hydrogen-bond acceptors (Lipinski definition) is 1. The van der Waals surface area contributed by atoms with Crippen LogP contribution in [0.2, 0.25) is 0 Å². The smallest absolute Gasteiger partial charge is 0.193 e. The lowest BCUT2D eigenvalue weighted by Crippen LogP contribution is -2.36. The van der Waals surface area contributed by atoms with E-state index >= 15 is 0 Å². The number of benzene rings is 2. The number of carbonyl (C=O) groups is 1. The van der Waals surface area contributed by atoms with Gasteiger partial charge in [0.15, 0.2) is 5.78 Å². The minimum atomic E-state index is 0.0656. The summed E-state index contributed by atoms with van der Waals surface area (Å²) >= 11 is 0. The molecule has 2 aromatic carbocycles. The van der Waals surface area contributed by atoms with Crippen LogP contribution in [0, 0.1) is 5.41 Å². The van der Waals surface area contributed by atoms with Crippen LogP contribution in [0.4, 0.5) is 0 Å².